The topological polar surface area (TPSA) is 68.7 Å². The number of benzene rings is 1. The quantitative estimate of drug-likeness (QED) is 0.307. The highest BCUT2D eigenvalue weighted by Crippen LogP contribution is 2.51. The van der Waals surface area contributed by atoms with E-state index >= 15 is 13.2 Å². The van der Waals surface area contributed by atoms with E-state index in [-0.39, 0.29) is 17.6 Å². The maximum absolute atomic E-state index is 15.4. The van der Waals surface area contributed by atoms with Crippen LogP contribution in [0.3, 0.4) is 0 Å². The fourth-order valence-electron chi connectivity index (χ4n) is 19.6. The van der Waals surface area contributed by atoms with Gasteiger partial charge in [0.05, 0.1) is 13.2 Å². The van der Waals surface area contributed by atoms with Crippen molar-refractivity contribution in [2.24, 2.45) is 5.41 Å². The van der Waals surface area contributed by atoms with Crippen molar-refractivity contribution in [3.05, 3.63) is 41.8 Å². The van der Waals surface area contributed by atoms with Crippen LogP contribution in [-0.2, 0) is 15.7 Å². The van der Waals surface area contributed by atoms with E-state index in [9.17, 15) is 4.39 Å². The van der Waals surface area contributed by atoms with Crippen molar-refractivity contribution < 1.29 is 31.8 Å². The molecule has 3 heterocycles. The van der Waals surface area contributed by atoms with Crippen LogP contribution in [0.4, 0.5) is 23.5 Å². The number of nitrogens with one attached hydrogen (secondary N) is 1. The molecule has 115 heavy (non-hydrogen) atoms. The molecule has 670 valence electrons. The van der Waals surface area contributed by atoms with Gasteiger partial charge in [0.2, 0.25) is 11.8 Å². The minimum Gasteiger partial charge on any atom is -0.439 e. The lowest BCUT2D eigenvalue weighted by molar-refractivity contribution is -0.246. The summed E-state index contributed by atoms with van der Waals surface area (Å²) in [6.45, 7) is 3.73. The Labute approximate surface area is 710 Å². The van der Waals surface area contributed by atoms with E-state index in [0.717, 1.165) is 96.2 Å². The van der Waals surface area contributed by atoms with Gasteiger partial charge in [0.1, 0.15) is 11.6 Å². The van der Waals surface area contributed by atoms with Crippen molar-refractivity contribution in [2.45, 2.75) is 558 Å². The first-order chi connectivity index (χ1) is 56.8. The number of fused-ring (bicyclic) bond motifs is 1. The molecule has 0 bridgehead atoms. The van der Waals surface area contributed by atoms with E-state index < -0.39 is 28.9 Å². The zero-order valence-corrected chi connectivity index (χ0v) is 75.8. The number of ether oxygens (including phenoxy) is 3. The maximum atomic E-state index is 15.4. The summed E-state index contributed by atoms with van der Waals surface area (Å²) in [4.78, 5) is 11.5. The van der Waals surface area contributed by atoms with E-state index in [1.807, 2.05) is 0 Å². The Kier molecular flexibility index (Phi) is 66.4. The van der Waals surface area contributed by atoms with Crippen LogP contribution in [0.15, 0.2) is 30.3 Å². The molecule has 5 rings (SSSR count). The zero-order valence-electron chi connectivity index (χ0n) is 75.8. The molecule has 11 heteroatoms. The van der Waals surface area contributed by atoms with Gasteiger partial charge in [-0.25, -0.2) is 9.37 Å². The molecule has 2 spiro atoms. The lowest BCUT2D eigenvalue weighted by atomic mass is 9.68. The number of alkyl halides is 3. The van der Waals surface area contributed by atoms with E-state index in [1.54, 1.807) is 6.07 Å². The summed E-state index contributed by atoms with van der Waals surface area (Å²) in [6.07, 6.45) is 108. The molecule has 2 aliphatic heterocycles. The van der Waals surface area contributed by atoms with Crippen molar-refractivity contribution in [3.8, 4) is 11.6 Å². The van der Waals surface area contributed by atoms with Crippen molar-refractivity contribution >= 4 is 5.95 Å². The molecule has 1 aromatic carbocycles. The number of hydrogen-bond donors (Lipinski definition) is 1. The molecule has 1 atom stereocenters. The van der Waals surface area contributed by atoms with Crippen molar-refractivity contribution in [3.63, 3.8) is 0 Å². The highest BCUT2D eigenvalue weighted by Gasteiger charge is 2.55. The lowest BCUT2D eigenvalue weighted by Crippen LogP contribution is -2.56. The van der Waals surface area contributed by atoms with E-state index in [2.05, 4.69) is 15.2 Å². The monoisotopic (exact) mass is 1620 g/mol. The fourth-order valence-corrected chi connectivity index (χ4v) is 19.6. The Morgan fingerprint density at radius 3 is 0.826 bits per heavy atom. The van der Waals surface area contributed by atoms with Crippen molar-refractivity contribution in [2.75, 3.05) is 44.3 Å². The van der Waals surface area contributed by atoms with Gasteiger partial charge in [-0.1, -0.05) is 507 Å². The first-order valence-electron chi connectivity index (χ1n) is 51.9. The average Bonchev–Trinajstić information content (AvgIpc) is 1.73. The van der Waals surface area contributed by atoms with Gasteiger partial charge in [0, 0.05) is 37.1 Å². The van der Waals surface area contributed by atoms with Crippen LogP contribution in [0.2, 0.25) is 0 Å². The van der Waals surface area contributed by atoms with Crippen LogP contribution in [0.1, 0.15) is 551 Å². The summed E-state index contributed by atoms with van der Waals surface area (Å²) in [5.74, 6) is -1.57. The summed E-state index contributed by atoms with van der Waals surface area (Å²) < 4.78 is 81.7. The SMILES string of the molecule is Fc1cccc(Oc2cc(C(F)(F)F)nc(N3CCCCNCCCCCCCCCCCCCCCCCCCCCCCCCCCCCCCCCCCCCCCC4(CCCCCCCCCCCCCCCCCCCCCCCCCCCCCCCCCCCCCCCCCCCCCC45OCCO5)C3)n2)c1. The second-order valence-electron chi connectivity index (χ2n) is 37.6. The Hall–Kier alpha value is -2.50. The molecule has 2 saturated heterocycles. The Morgan fingerprint density at radius 2 is 0.557 bits per heavy atom. The van der Waals surface area contributed by atoms with Gasteiger partial charge in [-0.3, -0.25) is 0 Å². The van der Waals surface area contributed by atoms with Gasteiger partial charge in [-0.15, -0.1) is 0 Å². The van der Waals surface area contributed by atoms with Crippen LogP contribution in [-0.4, -0.2) is 55.1 Å². The van der Waals surface area contributed by atoms with E-state index in [1.165, 1.54) is 487 Å². The second-order valence-corrected chi connectivity index (χ2v) is 37.6. The molecule has 1 saturated carbocycles. The molecule has 0 radical (unpaired) electrons. The second kappa shape index (κ2) is 74.2. The van der Waals surface area contributed by atoms with Gasteiger partial charge in [0.25, 0.3) is 0 Å². The van der Waals surface area contributed by atoms with Crippen molar-refractivity contribution in [1.82, 2.24) is 15.3 Å². The van der Waals surface area contributed by atoms with Gasteiger partial charge in [-0.2, -0.15) is 18.2 Å². The number of rotatable bonds is 3. The smallest absolute Gasteiger partial charge is 0.433 e. The third-order valence-corrected chi connectivity index (χ3v) is 27.0. The fraction of sp³-hybridized carbons (Fsp3) is 0.904. The average molecular weight is 1620 g/mol. The van der Waals surface area contributed by atoms with E-state index in [0.29, 0.717) is 26.3 Å². The number of anilines is 1. The number of halogens is 4. The molecule has 1 aromatic heterocycles. The molecule has 7 nitrogen and oxygen atoms in total. The van der Waals surface area contributed by atoms with Crippen LogP contribution < -0.4 is 15.0 Å². The summed E-state index contributed by atoms with van der Waals surface area (Å²) in [5.41, 5.74) is -1.62. The Bertz CT molecular complexity index is 2360. The van der Waals surface area contributed by atoms with Gasteiger partial charge >= 0.3 is 6.18 Å². The first-order valence-corrected chi connectivity index (χ1v) is 51.9. The van der Waals surface area contributed by atoms with Gasteiger partial charge in [0.15, 0.2) is 11.5 Å². The molecule has 0 amide bonds. The summed E-state index contributed by atoms with van der Waals surface area (Å²) in [6, 6.07) is 6.48. The molecule has 2 aromatic rings. The molecular formula is C104H188F4N4O3. The first kappa shape index (κ1) is 103. The molecule has 1 aliphatic carbocycles. The van der Waals surface area contributed by atoms with Crippen LogP contribution in [0, 0.1) is 11.2 Å². The van der Waals surface area contributed by atoms with Crippen LogP contribution in [0.25, 0.3) is 0 Å². The standard InChI is InChI=1S/C104H188F4N4O3/c105-97-84-83-85-98(94-97)115-100-95-99(104(106,107)108)110-101(111-100)112-91-82-81-90-109-89-80-76-72-68-64-60-56-52-48-44-40-36-32-28-24-20-16-12-8-10-14-18-22-26-30-34-38-42-46-50-54-58-62-66-70-74-78-87-102(96-112)86-77-73-69-65-61-57-53-49-45-41-37-33-29-25-21-17-13-9-6-4-2-1-3-5-7-11-15-19-23-27-31-35-39-43-47-51-55-59-63-67-71-75-79-88-103(102)113-92-93-114-103/h83-85,94-95,109H,1-82,86-93,96H2. The highest BCUT2D eigenvalue weighted by molar-refractivity contribution is 5.38. The van der Waals surface area contributed by atoms with Crippen molar-refractivity contribution in [1.29, 1.82) is 0 Å². The molecule has 3 aliphatic rings. The number of aromatic nitrogens is 2. The molecule has 1 unspecified atom stereocenters. The molecule has 1 N–H and O–H groups in total. The lowest BCUT2D eigenvalue weighted by Gasteiger charge is -2.50. The minimum absolute atomic E-state index is 0.00820. The van der Waals surface area contributed by atoms with Gasteiger partial charge < -0.3 is 24.4 Å². The maximum Gasteiger partial charge on any atom is 0.433 e. The number of hydrogen-bond acceptors (Lipinski definition) is 7. The zero-order chi connectivity index (χ0) is 81.1. The largest absolute Gasteiger partial charge is 0.439 e. The minimum atomic E-state index is -4.77. The highest BCUT2D eigenvalue weighted by atomic mass is 19.4. The Morgan fingerprint density at radius 1 is 0.304 bits per heavy atom. The number of nitrogens with zero attached hydrogens (tertiary/aromatic N) is 3. The van der Waals surface area contributed by atoms with Crippen LogP contribution >= 0.6 is 0 Å². The predicted octanol–water partition coefficient (Wildman–Crippen LogP) is 35.7. The predicted molar refractivity (Wildman–Crippen MR) is 488 cm³/mol. The molecule has 3 fully saturated rings. The third kappa shape index (κ3) is 56.0. The van der Waals surface area contributed by atoms with Gasteiger partial charge in [-0.05, 0) is 63.7 Å². The normalized spacial score (nSPS) is 24.3. The summed E-state index contributed by atoms with van der Waals surface area (Å²) in [7, 11) is 0. The summed E-state index contributed by atoms with van der Waals surface area (Å²) in [5, 5.41) is 3.76. The summed E-state index contributed by atoms with van der Waals surface area (Å²) >= 11 is 0. The van der Waals surface area contributed by atoms with E-state index in [4.69, 9.17) is 19.2 Å². The van der Waals surface area contributed by atoms with Crippen LogP contribution in [0.5, 0.6) is 11.6 Å². The molecular weight excluding hydrogens is 1430 g/mol. The third-order valence-electron chi connectivity index (χ3n) is 27.0. The Balaban J connectivity index is 1.31.